The molecule has 3 rings (SSSR count). The summed E-state index contributed by atoms with van der Waals surface area (Å²) in [6.45, 7) is 3.33. The molecule has 1 fully saturated rings. The molecule has 2 atom stereocenters. The predicted octanol–water partition coefficient (Wildman–Crippen LogP) is 2.40. The van der Waals surface area contributed by atoms with Gasteiger partial charge >= 0.3 is 0 Å². The SMILES string of the molecule is CNC(c1ccc2c(c1)COC2)C1CCCOC1. The summed E-state index contributed by atoms with van der Waals surface area (Å²) in [6.07, 6.45) is 2.43. The maximum absolute atomic E-state index is 5.61. The van der Waals surface area contributed by atoms with Crippen LogP contribution in [0.3, 0.4) is 0 Å². The van der Waals surface area contributed by atoms with Crippen molar-refractivity contribution >= 4 is 0 Å². The summed E-state index contributed by atoms with van der Waals surface area (Å²) in [4.78, 5) is 0. The Morgan fingerprint density at radius 3 is 2.89 bits per heavy atom. The maximum atomic E-state index is 5.61. The van der Waals surface area contributed by atoms with Gasteiger partial charge in [0.2, 0.25) is 0 Å². The largest absolute Gasteiger partial charge is 0.381 e. The molecule has 3 nitrogen and oxygen atoms in total. The van der Waals surface area contributed by atoms with E-state index in [1.54, 1.807) is 0 Å². The van der Waals surface area contributed by atoms with Gasteiger partial charge in [0.15, 0.2) is 0 Å². The van der Waals surface area contributed by atoms with Crippen molar-refractivity contribution in [2.45, 2.75) is 32.1 Å². The average molecular weight is 247 g/mol. The number of nitrogens with one attached hydrogen (secondary N) is 1. The Kier molecular flexibility index (Phi) is 3.64. The Hall–Kier alpha value is -0.900. The third kappa shape index (κ3) is 2.30. The number of hydrogen-bond donors (Lipinski definition) is 1. The van der Waals surface area contributed by atoms with Gasteiger partial charge in [-0.2, -0.15) is 0 Å². The van der Waals surface area contributed by atoms with E-state index >= 15 is 0 Å². The molecule has 2 aliphatic rings. The second-order valence-corrected chi connectivity index (χ2v) is 5.26. The molecule has 18 heavy (non-hydrogen) atoms. The summed E-state index contributed by atoms with van der Waals surface area (Å²) in [6, 6.07) is 7.16. The zero-order valence-corrected chi connectivity index (χ0v) is 10.9. The van der Waals surface area contributed by atoms with Gasteiger partial charge in [-0.15, -0.1) is 0 Å². The van der Waals surface area contributed by atoms with E-state index in [1.807, 2.05) is 7.05 Å². The first-order valence-corrected chi connectivity index (χ1v) is 6.83. The topological polar surface area (TPSA) is 30.5 Å². The van der Waals surface area contributed by atoms with Gasteiger partial charge in [0, 0.05) is 18.6 Å². The second-order valence-electron chi connectivity index (χ2n) is 5.26. The molecule has 3 heteroatoms. The van der Waals surface area contributed by atoms with Gasteiger partial charge in [-0.3, -0.25) is 0 Å². The summed E-state index contributed by atoms with van der Waals surface area (Å²) in [5.41, 5.74) is 4.07. The van der Waals surface area contributed by atoms with E-state index in [0.717, 1.165) is 26.4 Å². The Morgan fingerprint density at radius 2 is 2.11 bits per heavy atom. The molecule has 0 spiro atoms. The molecule has 0 saturated carbocycles. The molecule has 98 valence electrons. The van der Waals surface area contributed by atoms with Gasteiger partial charge in [-0.25, -0.2) is 0 Å². The number of hydrogen-bond acceptors (Lipinski definition) is 3. The van der Waals surface area contributed by atoms with Crippen LogP contribution in [0.4, 0.5) is 0 Å². The third-order valence-electron chi connectivity index (χ3n) is 4.08. The second kappa shape index (κ2) is 5.39. The summed E-state index contributed by atoms with van der Waals surface area (Å²) in [7, 11) is 2.04. The quantitative estimate of drug-likeness (QED) is 0.889. The number of fused-ring (bicyclic) bond motifs is 1. The fourth-order valence-electron chi connectivity index (χ4n) is 3.09. The molecule has 0 aliphatic carbocycles. The first kappa shape index (κ1) is 12.2. The van der Waals surface area contributed by atoms with Crippen LogP contribution < -0.4 is 5.32 Å². The zero-order chi connectivity index (χ0) is 12.4. The van der Waals surface area contributed by atoms with Crippen LogP contribution in [0.25, 0.3) is 0 Å². The van der Waals surface area contributed by atoms with Crippen molar-refractivity contribution < 1.29 is 9.47 Å². The van der Waals surface area contributed by atoms with Crippen LogP contribution in [0, 0.1) is 5.92 Å². The van der Waals surface area contributed by atoms with Crippen LogP contribution >= 0.6 is 0 Å². The molecule has 0 bridgehead atoms. The maximum Gasteiger partial charge on any atom is 0.0725 e. The number of ether oxygens (including phenoxy) is 2. The lowest BCUT2D eigenvalue weighted by atomic mass is 9.87. The van der Waals surface area contributed by atoms with Crippen molar-refractivity contribution in [2.75, 3.05) is 20.3 Å². The van der Waals surface area contributed by atoms with Crippen LogP contribution in [0.5, 0.6) is 0 Å². The fraction of sp³-hybridized carbons (Fsp3) is 0.600. The zero-order valence-electron chi connectivity index (χ0n) is 10.9. The van der Waals surface area contributed by atoms with Crippen molar-refractivity contribution in [2.24, 2.45) is 5.92 Å². The van der Waals surface area contributed by atoms with E-state index in [4.69, 9.17) is 9.47 Å². The normalized spacial score (nSPS) is 24.8. The minimum absolute atomic E-state index is 0.399. The Bertz CT molecular complexity index is 413. The van der Waals surface area contributed by atoms with E-state index in [-0.39, 0.29) is 0 Å². The van der Waals surface area contributed by atoms with Crippen LogP contribution in [-0.4, -0.2) is 20.3 Å². The van der Waals surface area contributed by atoms with Gasteiger partial charge in [-0.05, 0) is 36.6 Å². The molecule has 1 aromatic rings. The first-order chi connectivity index (χ1) is 8.88. The van der Waals surface area contributed by atoms with Crippen molar-refractivity contribution in [3.8, 4) is 0 Å². The molecule has 1 saturated heterocycles. The average Bonchev–Trinajstić information content (AvgIpc) is 2.88. The van der Waals surface area contributed by atoms with E-state index in [1.165, 1.54) is 29.5 Å². The van der Waals surface area contributed by atoms with E-state index in [2.05, 4.69) is 23.5 Å². The predicted molar refractivity (Wildman–Crippen MR) is 70.3 cm³/mol. The highest BCUT2D eigenvalue weighted by Gasteiger charge is 2.25. The molecule has 2 heterocycles. The number of rotatable bonds is 3. The molecular formula is C15H21NO2. The summed E-state index contributed by atoms with van der Waals surface area (Å²) < 4.78 is 11.1. The fourth-order valence-corrected chi connectivity index (χ4v) is 3.09. The Labute approximate surface area is 108 Å². The molecule has 2 unspecified atom stereocenters. The smallest absolute Gasteiger partial charge is 0.0725 e. The molecule has 1 aromatic carbocycles. The highest BCUT2D eigenvalue weighted by Crippen LogP contribution is 2.31. The Morgan fingerprint density at radius 1 is 1.22 bits per heavy atom. The summed E-state index contributed by atoms with van der Waals surface area (Å²) in [5, 5.41) is 3.46. The number of benzene rings is 1. The van der Waals surface area contributed by atoms with Crippen LogP contribution in [0.2, 0.25) is 0 Å². The van der Waals surface area contributed by atoms with Gasteiger partial charge in [-0.1, -0.05) is 18.2 Å². The third-order valence-corrected chi connectivity index (χ3v) is 4.08. The van der Waals surface area contributed by atoms with E-state index in [9.17, 15) is 0 Å². The lowest BCUT2D eigenvalue weighted by Crippen LogP contribution is -2.31. The minimum atomic E-state index is 0.399. The van der Waals surface area contributed by atoms with Gasteiger partial charge in [0.25, 0.3) is 0 Å². The molecule has 0 radical (unpaired) electrons. The van der Waals surface area contributed by atoms with Crippen LogP contribution in [-0.2, 0) is 22.7 Å². The van der Waals surface area contributed by atoms with Gasteiger partial charge in [0.1, 0.15) is 0 Å². The summed E-state index contributed by atoms with van der Waals surface area (Å²) >= 11 is 0. The van der Waals surface area contributed by atoms with Crippen LogP contribution in [0.1, 0.15) is 35.6 Å². The van der Waals surface area contributed by atoms with Crippen molar-refractivity contribution in [1.82, 2.24) is 5.32 Å². The molecule has 2 aliphatic heterocycles. The Balaban J connectivity index is 1.82. The molecule has 0 aromatic heterocycles. The molecule has 0 amide bonds. The van der Waals surface area contributed by atoms with Crippen LogP contribution in [0.15, 0.2) is 18.2 Å². The minimum Gasteiger partial charge on any atom is -0.381 e. The highest BCUT2D eigenvalue weighted by molar-refractivity contribution is 5.35. The molecule has 1 N–H and O–H groups in total. The molecular weight excluding hydrogens is 226 g/mol. The van der Waals surface area contributed by atoms with E-state index in [0.29, 0.717) is 12.0 Å². The van der Waals surface area contributed by atoms with Crippen molar-refractivity contribution in [1.29, 1.82) is 0 Å². The lowest BCUT2D eigenvalue weighted by molar-refractivity contribution is 0.0402. The van der Waals surface area contributed by atoms with E-state index < -0.39 is 0 Å². The standard InChI is InChI=1S/C15H21NO2/c1-16-15(13-3-2-6-17-9-13)11-4-5-12-8-18-10-14(12)7-11/h4-5,7,13,15-16H,2-3,6,8-10H2,1H3. The lowest BCUT2D eigenvalue weighted by Gasteiger charge is -2.30. The van der Waals surface area contributed by atoms with Gasteiger partial charge in [0.05, 0.1) is 19.8 Å². The van der Waals surface area contributed by atoms with Gasteiger partial charge < -0.3 is 14.8 Å². The summed E-state index contributed by atoms with van der Waals surface area (Å²) in [5.74, 6) is 0.587. The monoisotopic (exact) mass is 247 g/mol. The van der Waals surface area contributed by atoms with Crippen molar-refractivity contribution in [3.05, 3.63) is 34.9 Å². The first-order valence-electron chi connectivity index (χ1n) is 6.83. The highest BCUT2D eigenvalue weighted by atomic mass is 16.5. The van der Waals surface area contributed by atoms with Crippen molar-refractivity contribution in [3.63, 3.8) is 0 Å².